The van der Waals surface area contributed by atoms with E-state index in [1.165, 1.54) is 37.7 Å². The zero-order chi connectivity index (χ0) is 14.5. The van der Waals surface area contributed by atoms with E-state index in [0.717, 1.165) is 16.1 Å². The second-order valence-electron chi connectivity index (χ2n) is 5.87. The maximum absolute atomic E-state index is 6.34. The Bertz CT molecular complexity index is 435. The van der Waals surface area contributed by atoms with E-state index in [1.54, 1.807) is 0 Å². The highest BCUT2D eigenvalue weighted by Crippen LogP contribution is 2.33. The quantitative estimate of drug-likeness (QED) is 0.807. The number of hydrogen-bond donors (Lipinski definition) is 1. The highest BCUT2D eigenvalue weighted by molar-refractivity contribution is 9.10. The summed E-state index contributed by atoms with van der Waals surface area (Å²) in [5, 5.41) is 3.31. The van der Waals surface area contributed by atoms with Crippen LogP contribution in [-0.4, -0.2) is 13.2 Å². The smallest absolute Gasteiger partial charge is 0.124 e. The monoisotopic (exact) mass is 339 g/mol. The van der Waals surface area contributed by atoms with E-state index in [-0.39, 0.29) is 0 Å². The molecule has 1 fully saturated rings. The molecule has 0 aliphatic heterocycles. The van der Waals surface area contributed by atoms with Gasteiger partial charge in [0, 0.05) is 16.1 Å². The second kappa shape index (κ2) is 7.46. The van der Waals surface area contributed by atoms with Gasteiger partial charge in [0.05, 0.1) is 6.10 Å². The third-order valence-electron chi connectivity index (χ3n) is 4.48. The number of ether oxygens (including phenoxy) is 1. The van der Waals surface area contributed by atoms with Crippen molar-refractivity contribution in [2.45, 2.75) is 58.1 Å². The van der Waals surface area contributed by atoms with Crippen LogP contribution in [0.5, 0.6) is 5.75 Å². The standard InChI is InChI=1S/C17H26BrNO/c1-4-13-6-5-7-15(10-13)20-17-9-8-14(18)11-16(17)12(2)19-3/h8-9,11-13,15,19H,4-7,10H2,1-3H3. The molecule has 112 valence electrons. The van der Waals surface area contributed by atoms with Crippen molar-refractivity contribution in [2.24, 2.45) is 5.92 Å². The molecule has 3 heteroatoms. The fourth-order valence-corrected chi connectivity index (χ4v) is 3.40. The minimum atomic E-state index is 0.299. The summed E-state index contributed by atoms with van der Waals surface area (Å²) in [6.07, 6.45) is 6.74. The minimum absolute atomic E-state index is 0.299. The van der Waals surface area contributed by atoms with Crippen molar-refractivity contribution in [2.75, 3.05) is 7.05 Å². The molecule has 0 bridgehead atoms. The van der Waals surface area contributed by atoms with Gasteiger partial charge >= 0.3 is 0 Å². The molecule has 0 radical (unpaired) electrons. The van der Waals surface area contributed by atoms with E-state index in [4.69, 9.17) is 4.74 Å². The summed E-state index contributed by atoms with van der Waals surface area (Å²) in [5.41, 5.74) is 1.24. The molecule has 1 aromatic rings. The molecule has 0 spiro atoms. The first-order chi connectivity index (χ1) is 9.63. The Labute approximate surface area is 131 Å². The van der Waals surface area contributed by atoms with Crippen LogP contribution in [0.4, 0.5) is 0 Å². The maximum atomic E-state index is 6.34. The molecule has 3 atom stereocenters. The Balaban J connectivity index is 2.12. The van der Waals surface area contributed by atoms with Crippen LogP contribution in [0, 0.1) is 5.92 Å². The van der Waals surface area contributed by atoms with Crippen molar-refractivity contribution < 1.29 is 4.74 Å². The van der Waals surface area contributed by atoms with Gasteiger partial charge in [0.2, 0.25) is 0 Å². The fraction of sp³-hybridized carbons (Fsp3) is 0.647. The van der Waals surface area contributed by atoms with Crippen molar-refractivity contribution in [3.8, 4) is 5.75 Å². The van der Waals surface area contributed by atoms with E-state index in [1.807, 2.05) is 7.05 Å². The van der Waals surface area contributed by atoms with Gasteiger partial charge in [-0.05, 0) is 57.4 Å². The van der Waals surface area contributed by atoms with Crippen LogP contribution < -0.4 is 10.1 Å². The lowest BCUT2D eigenvalue weighted by atomic mass is 9.85. The zero-order valence-electron chi connectivity index (χ0n) is 12.8. The van der Waals surface area contributed by atoms with Crippen LogP contribution in [0.2, 0.25) is 0 Å². The largest absolute Gasteiger partial charge is 0.490 e. The molecular weight excluding hydrogens is 314 g/mol. The number of benzene rings is 1. The van der Waals surface area contributed by atoms with Gasteiger partial charge in [-0.1, -0.05) is 35.7 Å². The molecule has 0 aromatic heterocycles. The molecule has 2 rings (SSSR count). The van der Waals surface area contributed by atoms with Gasteiger partial charge in [0.15, 0.2) is 0 Å². The zero-order valence-corrected chi connectivity index (χ0v) is 14.4. The summed E-state index contributed by atoms with van der Waals surface area (Å²) < 4.78 is 7.44. The average Bonchev–Trinajstić information content (AvgIpc) is 2.48. The summed E-state index contributed by atoms with van der Waals surface area (Å²) in [7, 11) is 1.99. The Morgan fingerprint density at radius 2 is 2.20 bits per heavy atom. The molecule has 0 saturated heterocycles. The van der Waals surface area contributed by atoms with E-state index in [2.05, 4.69) is 53.3 Å². The number of hydrogen-bond acceptors (Lipinski definition) is 2. The Kier molecular flexibility index (Phi) is 5.91. The summed E-state index contributed by atoms with van der Waals surface area (Å²) in [4.78, 5) is 0. The van der Waals surface area contributed by atoms with Gasteiger partial charge < -0.3 is 10.1 Å². The SMILES string of the molecule is CCC1CCCC(Oc2ccc(Br)cc2C(C)NC)C1. The maximum Gasteiger partial charge on any atom is 0.124 e. The summed E-state index contributed by atoms with van der Waals surface area (Å²) in [6, 6.07) is 6.63. The first-order valence-electron chi connectivity index (χ1n) is 7.77. The topological polar surface area (TPSA) is 21.3 Å². The predicted molar refractivity (Wildman–Crippen MR) is 88.3 cm³/mol. The normalized spacial score (nSPS) is 24.4. The third-order valence-corrected chi connectivity index (χ3v) is 4.97. The lowest BCUT2D eigenvalue weighted by Crippen LogP contribution is -2.26. The van der Waals surface area contributed by atoms with Crippen LogP contribution in [0.1, 0.15) is 57.6 Å². The van der Waals surface area contributed by atoms with Crippen LogP contribution >= 0.6 is 15.9 Å². The molecule has 1 saturated carbocycles. The number of rotatable bonds is 5. The summed E-state index contributed by atoms with van der Waals surface area (Å²) >= 11 is 3.56. The predicted octanol–water partition coefficient (Wildman–Crippen LogP) is 5.08. The van der Waals surface area contributed by atoms with Crippen LogP contribution in [0.25, 0.3) is 0 Å². The highest BCUT2D eigenvalue weighted by atomic mass is 79.9. The van der Waals surface area contributed by atoms with Crippen LogP contribution in [-0.2, 0) is 0 Å². The van der Waals surface area contributed by atoms with Gasteiger partial charge in [-0.3, -0.25) is 0 Å². The van der Waals surface area contributed by atoms with E-state index >= 15 is 0 Å². The van der Waals surface area contributed by atoms with Crippen molar-refractivity contribution in [1.82, 2.24) is 5.32 Å². The van der Waals surface area contributed by atoms with E-state index < -0.39 is 0 Å². The Morgan fingerprint density at radius 3 is 2.90 bits per heavy atom. The molecule has 0 heterocycles. The summed E-state index contributed by atoms with van der Waals surface area (Å²) in [6.45, 7) is 4.46. The van der Waals surface area contributed by atoms with Gasteiger partial charge in [0.1, 0.15) is 5.75 Å². The van der Waals surface area contributed by atoms with Gasteiger partial charge in [-0.25, -0.2) is 0 Å². The van der Waals surface area contributed by atoms with Gasteiger partial charge in [0.25, 0.3) is 0 Å². The molecule has 20 heavy (non-hydrogen) atoms. The van der Waals surface area contributed by atoms with Gasteiger partial charge in [-0.15, -0.1) is 0 Å². The molecule has 1 N–H and O–H groups in total. The summed E-state index contributed by atoms with van der Waals surface area (Å²) in [5.74, 6) is 1.88. The average molecular weight is 340 g/mol. The van der Waals surface area contributed by atoms with E-state index in [9.17, 15) is 0 Å². The molecule has 3 unspecified atom stereocenters. The van der Waals surface area contributed by atoms with Crippen molar-refractivity contribution >= 4 is 15.9 Å². The highest BCUT2D eigenvalue weighted by Gasteiger charge is 2.23. The number of halogens is 1. The lowest BCUT2D eigenvalue weighted by Gasteiger charge is -2.30. The molecule has 1 aromatic carbocycles. The van der Waals surface area contributed by atoms with Crippen molar-refractivity contribution in [1.29, 1.82) is 0 Å². The first kappa shape index (κ1) is 15.8. The Morgan fingerprint density at radius 1 is 1.40 bits per heavy atom. The Hall–Kier alpha value is -0.540. The van der Waals surface area contributed by atoms with Crippen molar-refractivity contribution in [3.63, 3.8) is 0 Å². The minimum Gasteiger partial charge on any atom is -0.490 e. The van der Waals surface area contributed by atoms with Crippen LogP contribution in [0.15, 0.2) is 22.7 Å². The van der Waals surface area contributed by atoms with Crippen molar-refractivity contribution in [3.05, 3.63) is 28.2 Å². The second-order valence-corrected chi connectivity index (χ2v) is 6.79. The molecule has 0 amide bonds. The molecule has 1 aliphatic carbocycles. The molecule has 2 nitrogen and oxygen atoms in total. The van der Waals surface area contributed by atoms with Crippen LogP contribution in [0.3, 0.4) is 0 Å². The first-order valence-corrected chi connectivity index (χ1v) is 8.56. The third kappa shape index (κ3) is 3.98. The van der Waals surface area contributed by atoms with E-state index in [0.29, 0.717) is 12.1 Å². The molecule has 1 aliphatic rings. The van der Waals surface area contributed by atoms with Gasteiger partial charge in [-0.2, -0.15) is 0 Å². The fourth-order valence-electron chi connectivity index (χ4n) is 3.02. The lowest BCUT2D eigenvalue weighted by molar-refractivity contribution is 0.120. The molecular formula is C17H26BrNO. The number of nitrogens with one attached hydrogen (secondary N) is 1.